The van der Waals surface area contributed by atoms with Crippen molar-refractivity contribution in [1.29, 1.82) is 0 Å². The first-order valence-electron chi connectivity index (χ1n) is 10.0. The van der Waals surface area contributed by atoms with Crippen LogP contribution in [0.15, 0.2) is 18.2 Å². The fraction of sp³-hybridized carbons (Fsp3) is 0.636. The summed E-state index contributed by atoms with van der Waals surface area (Å²) in [5.41, 5.74) is 3.36. The first-order valence-corrected chi connectivity index (χ1v) is 10.4. The Labute approximate surface area is 162 Å². The molecule has 4 heteroatoms. The number of hydrogen-bond acceptors (Lipinski definition) is 2. The Morgan fingerprint density at radius 3 is 2.19 bits per heavy atom. The molecule has 0 aromatic heterocycles. The molecule has 4 saturated carbocycles. The lowest BCUT2D eigenvalue weighted by molar-refractivity contribution is -0.0672. The van der Waals surface area contributed by atoms with Gasteiger partial charge in [0.15, 0.2) is 5.11 Å². The van der Waals surface area contributed by atoms with E-state index in [0.29, 0.717) is 22.1 Å². The highest BCUT2D eigenvalue weighted by Gasteiger charge is 2.53. The van der Waals surface area contributed by atoms with Crippen molar-refractivity contribution in [2.45, 2.75) is 65.3 Å². The minimum Gasteiger partial charge on any atom is -0.359 e. The van der Waals surface area contributed by atoms with Crippen molar-refractivity contribution < 1.29 is 4.79 Å². The van der Waals surface area contributed by atoms with E-state index >= 15 is 0 Å². The zero-order valence-corrected chi connectivity index (χ0v) is 16.9. The number of aryl methyl sites for hydroxylation is 2. The van der Waals surface area contributed by atoms with Gasteiger partial charge in [0.25, 0.3) is 5.91 Å². The molecule has 5 rings (SSSR count). The molecule has 4 fully saturated rings. The van der Waals surface area contributed by atoms with E-state index < -0.39 is 0 Å². The van der Waals surface area contributed by atoms with Gasteiger partial charge in [-0.15, -0.1) is 0 Å². The van der Waals surface area contributed by atoms with Crippen molar-refractivity contribution >= 4 is 23.2 Å². The van der Waals surface area contributed by atoms with Crippen LogP contribution in [0.2, 0.25) is 0 Å². The number of amides is 1. The largest absolute Gasteiger partial charge is 0.359 e. The van der Waals surface area contributed by atoms with E-state index in [1.807, 2.05) is 25.1 Å². The maximum atomic E-state index is 12.5. The predicted octanol–water partition coefficient (Wildman–Crippen LogP) is 4.51. The highest BCUT2D eigenvalue weighted by Crippen LogP contribution is 2.61. The van der Waals surface area contributed by atoms with Gasteiger partial charge >= 0.3 is 0 Å². The monoisotopic (exact) mass is 370 g/mol. The van der Waals surface area contributed by atoms with Crippen LogP contribution >= 0.6 is 12.2 Å². The molecule has 0 spiro atoms. The van der Waals surface area contributed by atoms with Gasteiger partial charge < -0.3 is 5.32 Å². The van der Waals surface area contributed by atoms with Crippen molar-refractivity contribution in [2.75, 3.05) is 0 Å². The smallest absolute Gasteiger partial charge is 0.257 e. The second-order valence-electron chi connectivity index (χ2n) is 9.23. The Kier molecular flexibility index (Phi) is 4.58. The molecule has 0 radical (unpaired) electrons. The lowest BCUT2D eigenvalue weighted by Gasteiger charge is -2.59. The summed E-state index contributed by atoms with van der Waals surface area (Å²) in [6.07, 6.45) is 8.34. The van der Waals surface area contributed by atoms with Gasteiger partial charge in [0, 0.05) is 11.6 Å². The van der Waals surface area contributed by atoms with Crippen LogP contribution in [0, 0.1) is 37.0 Å². The number of benzene rings is 1. The quantitative estimate of drug-likeness (QED) is 0.769. The molecule has 4 aliphatic carbocycles. The molecule has 1 aromatic rings. The first-order chi connectivity index (χ1) is 12.3. The zero-order valence-electron chi connectivity index (χ0n) is 16.1. The predicted molar refractivity (Wildman–Crippen MR) is 109 cm³/mol. The molecule has 26 heavy (non-hydrogen) atoms. The number of carbonyl (C=O) groups is 1. The topological polar surface area (TPSA) is 41.1 Å². The molecule has 1 atom stereocenters. The maximum Gasteiger partial charge on any atom is 0.257 e. The lowest BCUT2D eigenvalue weighted by Crippen LogP contribution is -2.57. The summed E-state index contributed by atoms with van der Waals surface area (Å²) in [5, 5.41) is 6.82. The highest BCUT2D eigenvalue weighted by molar-refractivity contribution is 7.80. The number of hydrogen-bond donors (Lipinski definition) is 2. The Bertz CT molecular complexity index is 706. The molecular formula is C22H30N2OS. The Morgan fingerprint density at radius 2 is 1.65 bits per heavy atom. The van der Waals surface area contributed by atoms with Crippen molar-refractivity contribution in [3.05, 3.63) is 34.9 Å². The average molecular weight is 371 g/mol. The van der Waals surface area contributed by atoms with Crippen molar-refractivity contribution in [3.8, 4) is 0 Å². The van der Waals surface area contributed by atoms with Gasteiger partial charge in [-0.2, -0.15) is 0 Å². The highest BCUT2D eigenvalue weighted by atomic mass is 32.1. The summed E-state index contributed by atoms with van der Waals surface area (Å²) in [7, 11) is 0. The number of nitrogens with one attached hydrogen (secondary N) is 2. The summed E-state index contributed by atoms with van der Waals surface area (Å²) in [4.78, 5) is 12.5. The van der Waals surface area contributed by atoms with Crippen LogP contribution in [0.4, 0.5) is 0 Å². The molecule has 2 N–H and O–H groups in total. The van der Waals surface area contributed by atoms with Gasteiger partial charge in [-0.3, -0.25) is 10.1 Å². The maximum absolute atomic E-state index is 12.5. The second-order valence-corrected chi connectivity index (χ2v) is 9.64. The van der Waals surface area contributed by atoms with E-state index in [1.165, 1.54) is 44.1 Å². The molecule has 0 unspecified atom stereocenters. The van der Waals surface area contributed by atoms with E-state index in [0.717, 1.165) is 23.3 Å². The summed E-state index contributed by atoms with van der Waals surface area (Å²) >= 11 is 5.48. The van der Waals surface area contributed by atoms with E-state index in [1.54, 1.807) is 0 Å². The molecule has 4 bridgehead atoms. The molecule has 140 valence electrons. The van der Waals surface area contributed by atoms with Gasteiger partial charge in [0.2, 0.25) is 0 Å². The summed E-state index contributed by atoms with van der Waals surface area (Å²) in [5.74, 6) is 2.64. The molecule has 1 aromatic carbocycles. The first kappa shape index (κ1) is 18.0. The molecule has 1 amide bonds. The van der Waals surface area contributed by atoms with Crippen molar-refractivity contribution in [2.24, 2.45) is 23.2 Å². The molecule has 0 aliphatic heterocycles. The number of thiocarbonyl (C=S) groups is 1. The van der Waals surface area contributed by atoms with Crippen LogP contribution < -0.4 is 10.6 Å². The third-order valence-corrected chi connectivity index (χ3v) is 7.57. The molecule has 4 aliphatic rings. The minimum absolute atomic E-state index is 0.122. The van der Waals surface area contributed by atoms with E-state index in [4.69, 9.17) is 12.2 Å². The van der Waals surface area contributed by atoms with Gasteiger partial charge in [0.1, 0.15) is 0 Å². The molecule has 0 heterocycles. The fourth-order valence-corrected chi connectivity index (χ4v) is 6.42. The van der Waals surface area contributed by atoms with Crippen LogP contribution in [0.3, 0.4) is 0 Å². The minimum atomic E-state index is -0.122. The normalized spacial score (nSPS) is 33.0. The van der Waals surface area contributed by atoms with Gasteiger partial charge in [-0.1, -0.05) is 6.07 Å². The van der Waals surface area contributed by atoms with Crippen LogP contribution in [0.5, 0.6) is 0 Å². The molecule has 3 nitrogen and oxygen atoms in total. The SMILES string of the molecule is Cc1ccc(C(=O)NC(=S)N[C@H](C)C23CC4CC(CC(C4)C2)C3)cc1C. The van der Waals surface area contributed by atoms with Crippen LogP contribution in [0.1, 0.15) is 66.9 Å². The third kappa shape index (κ3) is 3.28. The number of rotatable bonds is 3. The third-order valence-electron chi connectivity index (χ3n) is 7.35. The van der Waals surface area contributed by atoms with Crippen LogP contribution in [0.25, 0.3) is 0 Å². The summed E-state index contributed by atoms with van der Waals surface area (Å²) < 4.78 is 0. The van der Waals surface area contributed by atoms with Gasteiger partial charge in [0.05, 0.1) is 0 Å². The second kappa shape index (κ2) is 6.63. The Morgan fingerprint density at radius 1 is 1.08 bits per heavy atom. The molecular weight excluding hydrogens is 340 g/mol. The van der Waals surface area contributed by atoms with E-state index in [2.05, 4.69) is 24.5 Å². The van der Waals surface area contributed by atoms with Gasteiger partial charge in [-0.25, -0.2) is 0 Å². The summed E-state index contributed by atoms with van der Waals surface area (Å²) in [6, 6.07) is 6.10. The Balaban J connectivity index is 1.38. The standard InChI is InChI=1S/C22H30N2OS/c1-13-4-5-19(6-14(13)2)20(25)24-21(26)23-15(3)22-10-16-7-17(11-22)9-18(8-16)12-22/h4-6,15-18H,7-12H2,1-3H3,(H2,23,24,25,26)/t15-,16?,17?,18?,22?/m1/s1. The molecule has 0 saturated heterocycles. The van der Waals surface area contributed by atoms with Crippen molar-refractivity contribution in [1.82, 2.24) is 10.6 Å². The number of carbonyl (C=O) groups excluding carboxylic acids is 1. The van der Waals surface area contributed by atoms with Crippen molar-refractivity contribution in [3.63, 3.8) is 0 Å². The van der Waals surface area contributed by atoms with E-state index in [9.17, 15) is 4.79 Å². The van der Waals surface area contributed by atoms with Gasteiger partial charge in [-0.05, 0) is 118 Å². The Hall–Kier alpha value is -1.42. The van der Waals surface area contributed by atoms with E-state index in [-0.39, 0.29) is 5.91 Å². The average Bonchev–Trinajstić information content (AvgIpc) is 2.55. The lowest BCUT2D eigenvalue weighted by atomic mass is 9.48. The van der Waals surface area contributed by atoms with Crippen LogP contribution in [-0.2, 0) is 0 Å². The van der Waals surface area contributed by atoms with Crippen LogP contribution in [-0.4, -0.2) is 17.1 Å². The zero-order chi connectivity index (χ0) is 18.5. The fourth-order valence-electron chi connectivity index (χ4n) is 6.15. The summed E-state index contributed by atoms with van der Waals surface area (Å²) in [6.45, 7) is 6.34.